The van der Waals surface area contributed by atoms with Crippen LogP contribution in [-0.2, 0) is 20.9 Å². The SMILES string of the molecule is Cc1cccc([C@@H]2OC3(C(=O)c4ccccc4C3=O)[C@@H]3C(=O)N(Cc4ccccc4)C(=O)[C@H]32)c1. The second kappa shape index (κ2) is 7.30. The molecule has 3 aromatic rings. The smallest absolute Gasteiger partial charge is 0.237 e. The Morgan fingerprint density at radius 2 is 1.44 bits per heavy atom. The summed E-state index contributed by atoms with van der Waals surface area (Å²) in [6.45, 7) is 1.99. The maximum absolute atomic E-state index is 13.8. The molecule has 3 aromatic carbocycles. The number of carbonyl (C=O) groups is 4. The Bertz CT molecular complexity index is 1340. The van der Waals surface area contributed by atoms with Crippen LogP contribution in [0.4, 0.5) is 0 Å². The molecule has 0 saturated carbocycles. The molecular weight excluding hydrogens is 430 g/mol. The molecule has 0 bridgehead atoms. The third-order valence-corrected chi connectivity index (χ3v) is 7.16. The molecule has 6 nitrogen and oxygen atoms in total. The van der Waals surface area contributed by atoms with Crippen molar-refractivity contribution in [3.8, 4) is 0 Å². The summed E-state index contributed by atoms with van der Waals surface area (Å²) < 4.78 is 6.30. The molecule has 2 fully saturated rings. The summed E-state index contributed by atoms with van der Waals surface area (Å²) in [5.41, 5.74) is 0.852. The number of hydrogen-bond acceptors (Lipinski definition) is 5. The van der Waals surface area contributed by atoms with Gasteiger partial charge in [-0.3, -0.25) is 24.1 Å². The molecule has 2 heterocycles. The summed E-state index contributed by atoms with van der Waals surface area (Å²) in [6.07, 6.45) is -0.885. The molecule has 1 spiro atoms. The predicted molar refractivity (Wildman–Crippen MR) is 122 cm³/mol. The largest absolute Gasteiger partial charge is 0.349 e. The molecule has 3 atom stereocenters. The van der Waals surface area contributed by atoms with E-state index in [0.29, 0.717) is 5.56 Å². The molecule has 0 radical (unpaired) electrons. The van der Waals surface area contributed by atoms with Crippen LogP contribution in [0.25, 0.3) is 0 Å². The number of amides is 2. The van der Waals surface area contributed by atoms with Crippen molar-refractivity contribution in [3.63, 3.8) is 0 Å². The van der Waals surface area contributed by atoms with Gasteiger partial charge in [-0.2, -0.15) is 0 Å². The number of fused-ring (bicyclic) bond motifs is 3. The quantitative estimate of drug-likeness (QED) is 0.448. The van der Waals surface area contributed by atoms with Crippen molar-refractivity contribution in [2.75, 3.05) is 0 Å². The van der Waals surface area contributed by atoms with Crippen LogP contribution in [0.5, 0.6) is 0 Å². The van der Waals surface area contributed by atoms with E-state index in [1.165, 1.54) is 4.90 Å². The van der Waals surface area contributed by atoms with E-state index in [1.54, 1.807) is 24.3 Å². The van der Waals surface area contributed by atoms with E-state index in [9.17, 15) is 19.2 Å². The Balaban J connectivity index is 1.50. The minimum Gasteiger partial charge on any atom is -0.349 e. The number of Topliss-reactive ketones (excluding diaryl/α,β-unsaturated/α-hetero) is 2. The highest BCUT2D eigenvalue weighted by Crippen LogP contribution is 2.57. The first-order valence-electron chi connectivity index (χ1n) is 11.3. The number of aryl methyl sites for hydroxylation is 1. The molecule has 6 rings (SSSR count). The summed E-state index contributed by atoms with van der Waals surface area (Å²) in [7, 11) is 0. The van der Waals surface area contributed by atoms with E-state index in [4.69, 9.17) is 4.74 Å². The highest BCUT2D eigenvalue weighted by atomic mass is 16.5. The highest BCUT2D eigenvalue weighted by molar-refractivity contribution is 6.35. The lowest BCUT2D eigenvalue weighted by molar-refractivity contribution is -0.145. The highest BCUT2D eigenvalue weighted by Gasteiger charge is 2.74. The summed E-state index contributed by atoms with van der Waals surface area (Å²) in [6, 6.07) is 23.1. The van der Waals surface area contributed by atoms with Gasteiger partial charge in [-0.25, -0.2) is 0 Å². The first-order chi connectivity index (χ1) is 16.4. The minimum atomic E-state index is -2.03. The third-order valence-electron chi connectivity index (χ3n) is 7.16. The van der Waals surface area contributed by atoms with Crippen molar-refractivity contribution >= 4 is 23.4 Å². The zero-order valence-corrected chi connectivity index (χ0v) is 18.4. The molecular formula is C28H21NO5. The molecule has 6 heteroatoms. The Labute approximate surface area is 196 Å². The van der Waals surface area contributed by atoms with Gasteiger partial charge >= 0.3 is 0 Å². The van der Waals surface area contributed by atoms with Gasteiger partial charge in [-0.15, -0.1) is 0 Å². The monoisotopic (exact) mass is 451 g/mol. The molecule has 0 unspecified atom stereocenters. The molecule has 0 N–H and O–H groups in total. The van der Waals surface area contributed by atoms with Crippen molar-refractivity contribution in [3.05, 3.63) is 107 Å². The average molecular weight is 451 g/mol. The molecule has 34 heavy (non-hydrogen) atoms. The van der Waals surface area contributed by atoms with Crippen LogP contribution in [0.3, 0.4) is 0 Å². The number of carbonyl (C=O) groups excluding carboxylic acids is 4. The van der Waals surface area contributed by atoms with Crippen LogP contribution in [0.15, 0.2) is 78.9 Å². The molecule has 0 aromatic heterocycles. The van der Waals surface area contributed by atoms with Gasteiger partial charge in [0.1, 0.15) is 0 Å². The number of likely N-dealkylation sites (tertiary alicyclic amines) is 1. The number of ether oxygens (including phenoxy) is 1. The van der Waals surface area contributed by atoms with Gasteiger partial charge in [0, 0.05) is 11.1 Å². The van der Waals surface area contributed by atoms with Crippen LogP contribution >= 0.6 is 0 Å². The number of imide groups is 1. The maximum atomic E-state index is 13.8. The van der Waals surface area contributed by atoms with Gasteiger partial charge in [0.2, 0.25) is 29.0 Å². The first-order valence-corrected chi connectivity index (χ1v) is 11.3. The van der Waals surface area contributed by atoms with Crippen LogP contribution in [0.1, 0.15) is 43.5 Å². The Hall–Kier alpha value is -3.90. The van der Waals surface area contributed by atoms with Crippen LogP contribution in [-0.4, -0.2) is 33.9 Å². The van der Waals surface area contributed by atoms with Crippen molar-refractivity contribution in [1.29, 1.82) is 0 Å². The fourth-order valence-corrected chi connectivity index (χ4v) is 5.65. The van der Waals surface area contributed by atoms with E-state index in [0.717, 1.165) is 11.1 Å². The zero-order chi connectivity index (χ0) is 23.6. The normalized spacial score (nSPS) is 24.7. The van der Waals surface area contributed by atoms with E-state index in [2.05, 4.69) is 0 Å². The van der Waals surface area contributed by atoms with Crippen molar-refractivity contribution in [2.45, 2.75) is 25.2 Å². The number of nitrogens with zero attached hydrogens (tertiary/aromatic N) is 1. The number of rotatable bonds is 3. The zero-order valence-electron chi connectivity index (χ0n) is 18.4. The van der Waals surface area contributed by atoms with Crippen molar-refractivity contribution < 1.29 is 23.9 Å². The van der Waals surface area contributed by atoms with Crippen LogP contribution in [0, 0.1) is 18.8 Å². The van der Waals surface area contributed by atoms with Gasteiger partial charge in [-0.1, -0.05) is 84.4 Å². The predicted octanol–water partition coefficient (Wildman–Crippen LogP) is 3.69. The second-order valence-electron chi connectivity index (χ2n) is 9.14. The average Bonchev–Trinajstić information content (AvgIpc) is 3.41. The molecule has 2 aliphatic heterocycles. The molecule has 2 amide bonds. The lowest BCUT2D eigenvalue weighted by Crippen LogP contribution is -2.50. The van der Waals surface area contributed by atoms with E-state index < -0.39 is 46.9 Å². The Morgan fingerprint density at radius 1 is 0.794 bits per heavy atom. The van der Waals surface area contributed by atoms with Crippen LogP contribution < -0.4 is 0 Å². The second-order valence-corrected chi connectivity index (χ2v) is 9.14. The lowest BCUT2D eigenvalue weighted by atomic mass is 9.77. The van der Waals surface area contributed by atoms with E-state index >= 15 is 0 Å². The fraction of sp³-hybridized carbons (Fsp3) is 0.214. The van der Waals surface area contributed by atoms with E-state index in [-0.39, 0.29) is 17.7 Å². The maximum Gasteiger partial charge on any atom is 0.237 e. The number of ketones is 2. The van der Waals surface area contributed by atoms with Crippen LogP contribution in [0.2, 0.25) is 0 Å². The summed E-state index contributed by atoms with van der Waals surface area (Å²) in [5.74, 6) is -4.20. The molecule has 3 aliphatic rings. The van der Waals surface area contributed by atoms with E-state index in [1.807, 2.05) is 61.5 Å². The minimum absolute atomic E-state index is 0.0808. The summed E-state index contributed by atoms with van der Waals surface area (Å²) in [5, 5.41) is 0. The van der Waals surface area contributed by atoms with Crippen molar-refractivity contribution in [2.24, 2.45) is 11.8 Å². The number of benzene rings is 3. The summed E-state index contributed by atoms with van der Waals surface area (Å²) in [4.78, 5) is 56.1. The van der Waals surface area contributed by atoms with Gasteiger partial charge in [0.15, 0.2) is 0 Å². The molecule has 1 aliphatic carbocycles. The lowest BCUT2D eigenvalue weighted by Gasteiger charge is -2.27. The first kappa shape index (κ1) is 20.7. The van der Waals surface area contributed by atoms with Gasteiger partial charge in [0.05, 0.1) is 24.5 Å². The third kappa shape index (κ3) is 2.66. The topological polar surface area (TPSA) is 80.8 Å². The molecule has 2 saturated heterocycles. The van der Waals surface area contributed by atoms with Gasteiger partial charge in [0.25, 0.3) is 0 Å². The molecule has 168 valence electrons. The fourth-order valence-electron chi connectivity index (χ4n) is 5.65. The Morgan fingerprint density at radius 3 is 2.09 bits per heavy atom. The summed E-state index contributed by atoms with van der Waals surface area (Å²) >= 11 is 0. The van der Waals surface area contributed by atoms with Gasteiger partial charge in [-0.05, 0) is 18.1 Å². The standard InChI is InChI=1S/C28H21NO5/c1-16-8-7-11-18(14-16)23-21-22(27(33)29(26(21)32)15-17-9-3-2-4-10-17)28(34-23)24(30)19-12-5-6-13-20(19)25(28)31/h2-14,21-23H,15H2,1H3/t21-,22+,23+/m1/s1. The van der Waals surface area contributed by atoms with Gasteiger partial charge < -0.3 is 4.74 Å². The Kier molecular flexibility index (Phi) is 4.44. The number of hydrogen-bond donors (Lipinski definition) is 0. The van der Waals surface area contributed by atoms with Crippen molar-refractivity contribution in [1.82, 2.24) is 4.90 Å².